The Kier molecular flexibility index (Phi) is 6.87. The van der Waals surface area contributed by atoms with E-state index in [1.54, 1.807) is 6.92 Å². The predicted octanol–water partition coefficient (Wildman–Crippen LogP) is 3.56. The van der Waals surface area contributed by atoms with Gasteiger partial charge in [-0.2, -0.15) is 0 Å². The Morgan fingerprint density at radius 1 is 1.57 bits per heavy atom. The van der Waals surface area contributed by atoms with Gasteiger partial charge in [-0.05, 0) is 36.3 Å². The number of nitrogens with zero attached hydrogens (tertiary/aromatic N) is 1. The highest BCUT2D eigenvalue weighted by Crippen LogP contribution is 2.62. The lowest BCUT2D eigenvalue weighted by atomic mass is 10.6. The van der Waals surface area contributed by atoms with Crippen molar-refractivity contribution in [3.8, 4) is 0 Å². The van der Waals surface area contributed by atoms with Crippen LogP contribution < -0.4 is 0 Å². The van der Waals surface area contributed by atoms with Crippen molar-refractivity contribution < 1.29 is 13.9 Å². The maximum atomic E-state index is 12.1. The highest BCUT2D eigenvalue weighted by molar-refractivity contribution is 8.56. The summed E-state index contributed by atoms with van der Waals surface area (Å²) >= 11 is 6.39. The molecule has 1 amide bonds. The number of rotatable bonds is 6. The summed E-state index contributed by atoms with van der Waals surface area (Å²) in [5.41, 5.74) is 0. The van der Waals surface area contributed by atoms with Crippen LogP contribution in [0.3, 0.4) is 0 Å². The molecule has 84 valence electrons. The van der Waals surface area contributed by atoms with Crippen LogP contribution >= 0.6 is 29.7 Å². The molecule has 0 aromatic rings. The summed E-state index contributed by atoms with van der Waals surface area (Å²) in [5, 5.41) is -0.759. The fourth-order valence-corrected chi connectivity index (χ4v) is 4.98. The molecule has 0 spiro atoms. The smallest absolute Gasteiger partial charge is 0.306 e. The van der Waals surface area contributed by atoms with Gasteiger partial charge in [0.15, 0.2) is 0 Å². The lowest BCUT2D eigenvalue weighted by Crippen LogP contribution is -2.17. The van der Waals surface area contributed by atoms with Crippen molar-refractivity contribution in [2.45, 2.75) is 20.3 Å². The first-order chi connectivity index (χ1) is 6.48. The molecule has 0 aliphatic rings. The fourth-order valence-electron chi connectivity index (χ4n) is 0.677. The molecule has 0 aromatic heterocycles. The lowest BCUT2D eigenvalue weighted by molar-refractivity contribution is 0.242. The van der Waals surface area contributed by atoms with Gasteiger partial charge in [-0.1, -0.05) is 6.92 Å². The van der Waals surface area contributed by atoms with Crippen LogP contribution in [0.15, 0.2) is 0 Å². The van der Waals surface area contributed by atoms with Crippen LogP contribution in [0.4, 0.5) is 4.79 Å². The van der Waals surface area contributed by atoms with Crippen LogP contribution in [-0.4, -0.2) is 29.4 Å². The van der Waals surface area contributed by atoms with E-state index in [-0.39, 0.29) is 0 Å². The highest BCUT2D eigenvalue weighted by Gasteiger charge is 2.32. The second-order valence-electron chi connectivity index (χ2n) is 2.50. The van der Waals surface area contributed by atoms with E-state index in [1.807, 2.05) is 6.92 Å². The highest BCUT2D eigenvalue weighted by atomic mass is 35.5. The summed E-state index contributed by atoms with van der Waals surface area (Å²) in [7, 11) is 1.38. The molecule has 1 unspecified atom stereocenters. The van der Waals surface area contributed by atoms with E-state index in [9.17, 15) is 9.36 Å². The third-order valence-electron chi connectivity index (χ3n) is 1.37. The lowest BCUT2D eigenvalue weighted by Gasteiger charge is -2.24. The monoisotopic (exact) mass is 259 g/mol. The molecular formula is C7H15ClNO3PS. The molecule has 7 heteroatoms. The summed E-state index contributed by atoms with van der Waals surface area (Å²) < 4.78 is 18.1. The predicted molar refractivity (Wildman–Crippen MR) is 61.0 cm³/mol. The quantitative estimate of drug-likeness (QED) is 0.416. The molecule has 0 heterocycles. The Bertz CT molecular complexity index is 239. The number of carbonyl (C=O) groups excluding carboxylic acids is 1. The maximum absolute atomic E-state index is 12.1. The van der Waals surface area contributed by atoms with E-state index < -0.39 is 12.1 Å². The molecule has 0 N–H and O–H groups in total. The van der Waals surface area contributed by atoms with Crippen molar-refractivity contribution in [1.29, 1.82) is 0 Å². The maximum Gasteiger partial charge on any atom is 0.356 e. The van der Waals surface area contributed by atoms with Gasteiger partial charge >= 0.3 is 12.1 Å². The van der Waals surface area contributed by atoms with Gasteiger partial charge in [-0.25, -0.2) is 0 Å². The van der Waals surface area contributed by atoms with E-state index in [0.717, 1.165) is 22.5 Å². The van der Waals surface area contributed by atoms with E-state index in [2.05, 4.69) is 0 Å². The third-order valence-corrected chi connectivity index (χ3v) is 6.74. The second kappa shape index (κ2) is 6.72. The van der Waals surface area contributed by atoms with Gasteiger partial charge in [0.25, 0.3) is 0 Å². The molecular weight excluding hydrogens is 245 g/mol. The molecule has 0 aliphatic heterocycles. The van der Waals surface area contributed by atoms with Crippen LogP contribution in [0.1, 0.15) is 20.3 Å². The van der Waals surface area contributed by atoms with E-state index in [4.69, 9.17) is 16.1 Å². The zero-order valence-corrected chi connectivity index (χ0v) is 11.0. The molecule has 0 aromatic carbocycles. The first-order valence-electron chi connectivity index (χ1n) is 4.30. The molecule has 0 fully saturated rings. The Morgan fingerprint density at radius 3 is 2.50 bits per heavy atom. The minimum absolute atomic E-state index is 0.294. The number of hydrogen-bond acceptors (Lipinski definition) is 4. The number of amides is 1. The van der Waals surface area contributed by atoms with Gasteiger partial charge in [-0.15, -0.1) is 0 Å². The molecule has 4 nitrogen and oxygen atoms in total. The van der Waals surface area contributed by atoms with Crippen molar-refractivity contribution in [1.82, 2.24) is 4.67 Å². The van der Waals surface area contributed by atoms with Crippen molar-refractivity contribution >= 4 is 35.1 Å². The second-order valence-corrected chi connectivity index (χ2v) is 7.44. The van der Waals surface area contributed by atoms with Gasteiger partial charge in [0, 0.05) is 12.8 Å². The number of hydrogen-bond donors (Lipinski definition) is 0. The molecule has 0 saturated carbocycles. The standard InChI is InChI=1S/C7H15ClNO3PS/c1-4-6-14-13(11,12-5-2)9(3)7(8)10/h4-6H2,1-3H3. The van der Waals surface area contributed by atoms with E-state index in [0.29, 0.717) is 12.4 Å². The molecule has 0 bridgehead atoms. The zero-order valence-electron chi connectivity index (χ0n) is 8.53. The topological polar surface area (TPSA) is 46.6 Å². The normalized spacial score (nSPS) is 14.9. The Hall–Kier alpha value is 0.300. The van der Waals surface area contributed by atoms with E-state index >= 15 is 0 Å². The van der Waals surface area contributed by atoms with Crippen LogP contribution in [0.5, 0.6) is 0 Å². The molecule has 0 rings (SSSR count). The van der Waals surface area contributed by atoms with Crippen LogP contribution in [0.2, 0.25) is 0 Å². The van der Waals surface area contributed by atoms with Crippen molar-refractivity contribution in [3.63, 3.8) is 0 Å². The molecule has 0 radical (unpaired) electrons. The fraction of sp³-hybridized carbons (Fsp3) is 0.857. The summed E-state index contributed by atoms with van der Waals surface area (Å²) in [4.78, 5) is 10.9. The summed E-state index contributed by atoms with van der Waals surface area (Å²) in [5.74, 6) is 0.672. The van der Waals surface area contributed by atoms with Gasteiger partial charge < -0.3 is 4.52 Å². The summed E-state index contributed by atoms with van der Waals surface area (Å²) in [6, 6.07) is 0. The van der Waals surface area contributed by atoms with Crippen LogP contribution in [0.25, 0.3) is 0 Å². The van der Waals surface area contributed by atoms with Crippen LogP contribution in [-0.2, 0) is 9.09 Å². The van der Waals surface area contributed by atoms with Gasteiger partial charge in [-0.3, -0.25) is 14.0 Å². The third kappa shape index (κ3) is 4.22. The molecule has 0 saturated heterocycles. The first-order valence-corrected chi connectivity index (χ1v) is 7.85. The Balaban J connectivity index is 4.53. The minimum atomic E-state index is -3.11. The average molecular weight is 260 g/mol. The van der Waals surface area contributed by atoms with Crippen molar-refractivity contribution in [2.75, 3.05) is 19.4 Å². The van der Waals surface area contributed by atoms with Crippen LogP contribution in [0, 0.1) is 0 Å². The van der Waals surface area contributed by atoms with Crippen molar-refractivity contribution in [2.24, 2.45) is 0 Å². The summed E-state index contributed by atoms with van der Waals surface area (Å²) in [6.07, 6.45) is 0.867. The number of halogens is 1. The molecule has 0 aliphatic carbocycles. The Labute approximate surface area is 93.6 Å². The van der Waals surface area contributed by atoms with Gasteiger partial charge in [0.1, 0.15) is 0 Å². The largest absolute Gasteiger partial charge is 0.356 e. The summed E-state index contributed by atoms with van der Waals surface area (Å²) in [6.45, 7) is 0.872. The molecule has 1 atom stereocenters. The van der Waals surface area contributed by atoms with Gasteiger partial charge in [0.2, 0.25) is 0 Å². The van der Waals surface area contributed by atoms with E-state index in [1.165, 1.54) is 7.05 Å². The minimum Gasteiger partial charge on any atom is -0.306 e. The van der Waals surface area contributed by atoms with Gasteiger partial charge in [0.05, 0.1) is 6.61 Å². The SMILES string of the molecule is CCCSP(=O)(OCC)N(C)C(=O)Cl. The van der Waals surface area contributed by atoms with Crippen molar-refractivity contribution in [3.05, 3.63) is 0 Å². The number of carbonyl (C=O) groups is 1. The molecule has 14 heavy (non-hydrogen) atoms. The average Bonchev–Trinajstić information content (AvgIpc) is 2.14. The zero-order chi connectivity index (χ0) is 11.2. The first kappa shape index (κ1) is 14.3. The Morgan fingerprint density at radius 2 is 2.14 bits per heavy atom.